The highest BCUT2D eigenvalue weighted by atomic mass is 35.5. The van der Waals surface area contributed by atoms with E-state index in [-0.39, 0.29) is 12.4 Å². The van der Waals surface area contributed by atoms with E-state index in [9.17, 15) is 8.42 Å². The molecular formula is C27H30ClN3O2S. The van der Waals surface area contributed by atoms with E-state index in [4.69, 9.17) is 4.98 Å². The Bertz CT molecular complexity index is 1440. The van der Waals surface area contributed by atoms with Crippen molar-refractivity contribution in [3.8, 4) is 0 Å². The molecule has 0 radical (unpaired) electrons. The van der Waals surface area contributed by atoms with Gasteiger partial charge in [0.15, 0.2) is 15.7 Å². The smallest absolute Gasteiger partial charge is 0.175 e. The fourth-order valence-corrected chi connectivity index (χ4v) is 5.54. The molecule has 0 fully saturated rings. The number of halogens is 1. The molecule has 0 saturated heterocycles. The summed E-state index contributed by atoms with van der Waals surface area (Å²) in [6.45, 7) is 7.01. The number of anilines is 1. The second-order valence-electron chi connectivity index (χ2n) is 9.00. The molecule has 0 saturated carbocycles. The SMILES string of the molecule is Cc1c(C)n(CCc2ccc(S(C)(=O)=O)cc2)c2c(N3CCc4ccccc4C3)nccc12.Cl. The van der Waals surface area contributed by atoms with Crippen LogP contribution < -0.4 is 4.90 Å². The Morgan fingerprint density at radius 3 is 2.38 bits per heavy atom. The molecule has 0 bridgehead atoms. The van der Waals surface area contributed by atoms with Crippen molar-refractivity contribution in [3.63, 3.8) is 0 Å². The molecule has 5 nitrogen and oxygen atoms in total. The van der Waals surface area contributed by atoms with Gasteiger partial charge in [-0.05, 0) is 67.1 Å². The van der Waals surface area contributed by atoms with E-state index in [0.717, 1.165) is 43.9 Å². The van der Waals surface area contributed by atoms with E-state index in [1.54, 1.807) is 12.1 Å². The molecule has 0 aliphatic carbocycles. The number of hydrogen-bond donors (Lipinski definition) is 0. The quantitative estimate of drug-likeness (QED) is 0.378. The number of aryl methyl sites for hydroxylation is 3. The van der Waals surface area contributed by atoms with Crippen LogP contribution in [0.15, 0.2) is 65.7 Å². The van der Waals surface area contributed by atoms with Crippen LogP contribution in [0.2, 0.25) is 0 Å². The Morgan fingerprint density at radius 2 is 1.68 bits per heavy atom. The van der Waals surface area contributed by atoms with Crippen molar-refractivity contribution >= 4 is 39.0 Å². The van der Waals surface area contributed by atoms with Gasteiger partial charge >= 0.3 is 0 Å². The van der Waals surface area contributed by atoms with E-state index in [1.807, 2.05) is 18.3 Å². The van der Waals surface area contributed by atoms with Gasteiger partial charge in [-0.15, -0.1) is 12.4 Å². The number of fused-ring (bicyclic) bond motifs is 2. The number of benzene rings is 2. The molecule has 2 aromatic carbocycles. The van der Waals surface area contributed by atoms with Crippen LogP contribution in [0.3, 0.4) is 0 Å². The monoisotopic (exact) mass is 495 g/mol. The summed E-state index contributed by atoms with van der Waals surface area (Å²) in [6.07, 6.45) is 5.03. The van der Waals surface area contributed by atoms with Crippen molar-refractivity contribution in [2.24, 2.45) is 0 Å². The Morgan fingerprint density at radius 1 is 0.971 bits per heavy atom. The minimum Gasteiger partial charge on any atom is -0.350 e. The fourth-order valence-electron chi connectivity index (χ4n) is 4.91. The van der Waals surface area contributed by atoms with Crippen molar-refractivity contribution in [2.45, 2.75) is 44.7 Å². The third-order valence-electron chi connectivity index (χ3n) is 6.93. The number of pyridine rings is 1. The van der Waals surface area contributed by atoms with Crippen molar-refractivity contribution in [1.82, 2.24) is 9.55 Å². The van der Waals surface area contributed by atoms with Crippen LogP contribution >= 0.6 is 12.4 Å². The van der Waals surface area contributed by atoms with Gasteiger partial charge in [-0.1, -0.05) is 36.4 Å². The molecule has 178 valence electrons. The van der Waals surface area contributed by atoms with Crippen molar-refractivity contribution in [2.75, 3.05) is 17.7 Å². The molecule has 7 heteroatoms. The second kappa shape index (κ2) is 9.43. The predicted molar refractivity (Wildman–Crippen MR) is 141 cm³/mol. The van der Waals surface area contributed by atoms with Gasteiger partial charge in [-0.25, -0.2) is 13.4 Å². The number of aromatic nitrogens is 2. The van der Waals surface area contributed by atoms with Gasteiger partial charge in [0.25, 0.3) is 0 Å². The molecule has 0 unspecified atom stereocenters. The van der Waals surface area contributed by atoms with Gasteiger partial charge in [0.2, 0.25) is 0 Å². The summed E-state index contributed by atoms with van der Waals surface area (Å²) in [5, 5.41) is 1.25. The van der Waals surface area contributed by atoms with Crippen molar-refractivity contribution in [3.05, 3.63) is 88.7 Å². The summed E-state index contributed by atoms with van der Waals surface area (Å²) in [5.41, 5.74) is 7.67. The molecule has 0 amide bonds. The molecule has 0 N–H and O–H groups in total. The van der Waals surface area contributed by atoms with Gasteiger partial charge in [-0.3, -0.25) is 0 Å². The maximum atomic E-state index is 11.8. The van der Waals surface area contributed by atoms with Crippen LogP contribution in [0.5, 0.6) is 0 Å². The first-order chi connectivity index (χ1) is 15.8. The topological polar surface area (TPSA) is 55.2 Å². The Kier molecular flexibility index (Phi) is 6.74. The Balaban J connectivity index is 0.00000274. The largest absolute Gasteiger partial charge is 0.350 e. The molecule has 1 aliphatic rings. The maximum absolute atomic E-state index is 11.8. The lowest BCUT2D eigenvalue weighted by Crippen LogP contribution is -2.31. The van der Waals surface area contributed by atoms with E-state index >= 15 is 0 Å². The molecule has 2 aromatic heterocycles. The zero-order chi connectivity index (χ0) is 23.2. The normalized spacial score (nSPS) is 13.6. The lowest BCUT2D eigenvalue weighted by Gasteiger charge is -2.30. The fraction of sp³-hybridized carbons (Fsp3) is 0.296. The van der Waals surface area contributed by atoms with Crippen LogP contribution in [0.25, 0.3) is 10.9 Å². The van der Waals surface area contributed by atoms with E-state index in [1.165, 1.54) is 39.5 Å². The minimum absolute atomic E-state index is 0. The third kappa shape index (κ3) is 4.44. The lowest BCUT2D eigenvalue weighted by atomic mass is 10.00. The van der Waals surface area contributed by atoms with Crippen molar-refractivity contribution < 1.29 is 8.42 Å². The Labute approximate surface area is 207 Å². The van der Waals surface area contributed by atoms with E-state index in [0.29, 0.717) is 4.90 Å². The molecule has 4 aromatic rings. The minimum atomic E-state index is -3.18. The summed E-state index contributed by atoms with van der Waals surface area (Å²) in [4.78, 5) is 7.62. The molecule has 34 heavy (non-hydrogen) atoms. The highest BCUT2D eigenvalue weighted by Crippen LogP contribution is 2.34. The van der Waals surface area contributed by atoms with E-state index < -0.39 is 9.84 Å². The summed E-state index contributed by atoms with van der Waals surface area (Å²) in [5.74, 6) is 1.05. The molecule has 0 atom stereocenters. The summed E-state index contributed by atoms with van der Waals surface area (Å²) in [6, 6.07) is 18.1. The average Bonchev–Trinajstić information content (AvgIpc) is 3.07. The third-order valence-corrected chi connectivity index (χ3v) is 8.06. The number of rotatable bonds is 5. The predicted octanol–water partition coefficient (Wildman–Crippen LogP) is 5.28. The van der Waals surface area contributed by atoms with Gasteiger partial charge in [0.1, 0.15) is 0 Å². The standard InChI is InChI=1S/C27H29N3O2S.ClH/c1-19-20(2)30(17-13-21-8-10-24(11-9-21)33(3,31)32)26-25(19)12-15-28-27(26)29-16-14-22-6-4-5-7-23(22)18-29;/h4-12,15H,13-14,16-18H2,1-3H3;1H. The zero-order valence-corrected chi connectivity index (χ0v) is 21.4. The second-order valence-corrected chi connectivity index (χ2v) is 11.0. The van der Waals surface area contributed by atoms with E-state index in [2.05, 4.69) is 53.6 Å². The molecule has 5 rings (SSSR count). The summed E-state index contributed by atoms with van der Waals surface area (Å²) >= 11 is 0. The first-order valence-corrected chi connectivity index (χ1v) is 13.3. The Hall–Kier alpha value is -2.83. The number of sulfone groups is 1. The molecule has 0 spiro atoms. The van der Waals surface area contributed by atoms with Gasteiger partial charge in [-0.2, -0.15) is 0 Å². The van der Waals surface area contributed by atoms with Crippen LogP contribution in [-0.4, -0.2) is 30.8 Å². The van der Waals surface area contributed by atoms with Crippen LogP contribution in [0.4, 0.5) is 5.82 Å². The summed E-state index contributed by atoms with van der Waals surface area (Å²) < 4.78 is 25.9. The van der Waals surface area contributed by atoms with Gasteiger partial charge in [0, 0.05) is 43.2 Å². The molecular weight excluding hydrogens is 466 g/mol. The molecule has 3 heterocycles. The van der Waals surface area contributed by atoms with Crippen LogP contribution in [-0.2, 0) is 35.8 Å². The highest BCUT2D eigenvalue weighted by molar-refractivity contribution is 7.90. The van der Waals surface area contributed by atoms with Crippen molar-refractivity contribution in [1.29, 1.82) is 0 Å². The van der Waals surface area contributed by atoms with Gasteiger partial charge < -0.3 is 9.47 Å². The summed E-state index contributed by atoms with van der Waals surface area (Å²) in [7, 11) is -3.18. The molecule has 1 aliphatic heterocycles. The highest BCUT2D eigenvalue weighted by Gasteiger charge is 2.22. The number of hydrogen-bond acceptors (Lipinski definition) is 4. The van der Waals surface area contributed by atoms with Gasteiger partial charge in [0.05, 0.1) is 10.4 Å². The average molecular weight is 496 g/mol. The zero-order valence-electron chi connectivity index (χ0n) is 19.8. The van der Waals surface area contributed by atoms with Crippen LogP contribution in [0, 0.1) is 13.8 Å². The maximum Gasteiger partial charge on any atom is 0.175 e. The number of nitrogens with zero attached hydrogens (tertiary/aromatic N) is 3. The first-order valence-electron chi connectivity index (χ1n) is 11.4. The first kappa shape index (κ1) is 24.3. The van der Waals surface area contributed by atoms with Crippen LogP contribution in [0.1, 0.15) is 27.9 Å². The lowest BCUT2D eigenvalue weighted by molar-refractivity contribution is 0.602.